The Bertz CT molecular complexity index is 363. The fourth-order valence-electron chi connectivity index (χ4n) is 2.21. The van der Waals surface area contributed by atoms with Gasteiger partial charge < -0.3 is 14.7 Å². The Morgan fingerprint density at radius 2 is 2.11 bits per heavy atom. The van der Waals surface area contributed by atoms with Crippen LogP contribution in [-0.4, -0.2) is 47.8 Å². The molecule has 2 atom stereocenters. The van der Waals surface area contributed by atoms with Crippen LogP contribution in [-0.2, 0) is 9.53 Å². The quantitative estimate of drug-likeness (QED) is 0.618. The molecule has 0 bridgehead atoms. The molecule has 0 aromatic heterocycles. The molecule has 4 heteroatoms. The maximum absolute atomic E-state index is 12.2. The number of carbonyl (C=O) groups is 1. The summed E-state index contributed by atoms with van der Waals surface area (Å²) in [7, 11) is 2.05. The third-order valence-corrected chi connectivity index (χ3v) is 3.89. The van der Waals surface area contributed by atoms with E-state index in [-0.39, 0.29) is 12.0 Å². The number of hydrogen-bond acceptors (Lipinski definition) is 4. The molecule has 19 heavy (non-hydrogen) atoms. The minimum atomic E-state index is -1.67. The van der Waals surface area contributed by atoms with Gasteiger partial charge in [0.05, 0.1) is 0 Å². The van der Waals surface area contributed by atoms with Crippen molar-refractivity contribution in [3.63, 3.8) is 0 Å². The Morgan fingerprint density at radius 1 is 1.53 bits per heavy atom. The lowest BCUT2D eigenvalue weighted by atomic mass is 9.87. The Kier molecular flexibility index (Phi) is 5.84. The van der Waals surface area contributed by atoms with Crippen molar-refractivity contribution in [1.29, 1.82) is 0 Å². The summed E-state index contributed by atoms with van der Waals surface area (Å²) in [5.41, 5.74) is -1.67. The van der Waals surface area contributed by atoms with Gasteiger partial charge in [-0.05, 0) is 33.2 Å². The second-order valence-electron chi connectivity index (χ2n) is 5.36. The molecule has 0 spiro atoms. The minimum Gasteiger partial charge on any atom is -0.459 e. The average Bonchev–Trinajstić information content (AvgIpc) is 2.40. The summed E-state index contributed by atoms with van der Waals surface area (Å²) in [5.74, 6) is 4.44. The van der Waals surface area contributed by atoms with E-state index in [1.807, 2.05) is 13.8 Å². The first-order valence-electron chi connectivity index (χ1n) is 7.00. The first-order chi connectivity index (χ1) is 8.93. The first kappa shape index (κ1) is 16.0. The van der Waals surface area contributed by atoms with Gasteiger partial charge in [0, 0.05) is 19.0 Å². The Hall–Kier alpha value is -1.05. The molecule has 4 nitrogen and oxygen atoms in total. The molecule has 0 radical (unpaired) electrons. The predicted octanol–water partition coefficient (Wildman–Crippen LogP) is 1.42. The van der Waals surface area contributed by atoms with Crippen LogP contribution in [0, 0.1) is 17.8 Å². The Morgan fingerprint density at radius 3 is 2.58 bits per heavy atom. The molecular formula is C15H25NO3. The molecule has 1 fully saturated rings. The highest BCUT2D eigenvalue weighted by atomic mass is 16.6. The number of esters is 1. The molecule has 1 saturated heterocycles. The highest BCUT2D eigenvalue weighted by Gasteiger charge is 2.42. The van der Waals surface area contributed by atoms with Crippen molar-refractivity contribution in [2.45, 2.75) is 51.7 Å². The number of piperidine rings is 1. The lowest BCUT2D eigenvalue weighted by Crippen LogP contribution is -2.47. The summed E-state index contributed by atoms with van der Waals surface area (Å²) in [6.45, 7) is 7.20. The molecule has 0 aliphatic carbocycles. The van der Waals surface area contributed by atoms with Gasteiger partial charge in [-0.25, -0.2) is 4.79 Å². The summed E-state index contributed by atoms with van der Waals surface area (Å²) in [5, 5.41) is 10.5. The van der Waals surface area contributed by atoms with E-state index in [2.05, 4.69) is 23.8 Å². The van der Waals surface area contributed by atoms with Crippen LogP contribution >= 0.6 is 0 Å². The zero-order valence-electron chi connectivity index (χ0n) is 12.4. The Labute approximate surface area is 116 Å². The average molecular weight is 267 g/mol. The van der Waals surface area contributed by atoms with Gasteiger partial charge in [0.1, 0.15) is 6.10 Å². The van der Waals surface area contributed by atoms with Crippen LogP contribution in [0.3, 0.4) is 0 Å². The van der Waals surface area contributed by atoms with Gasteiger partial charge in [0.2, 0.25) is 5.60 Å². The maximum Gasteiger partial charge on any atom is 0.351 e. The van der Waals surface area contributed by atoms with Crippen molar-refractivity contribution in [3.8, 4) is 11.8 Å². The SMILES string of the molecule is CC#C[C@](O)(C(=O)OC1CCN(C)CC1)[C@@H](C)CC. The van der Waals surface area contributed by atoms with Crippen LogP contribution in [0.25, 0.3) is 0 Å². The van der Waals surface area contributed by atoms with Gasteiger partial charge >= 0.3 is 5.97 Å². The van der Waals surface area contributed by atoms with E-state index in [1.54, 1.807) is 6.92 Å². The molecule has 0 saturated carbocycles. The molecule has 0 amide bonds. The number of aliphatic hydroxyl groups is 1. The van der Waals surface area contributed by atoms with Crippen LogP contribution in [0.1, 0.15) is 40.0 Å². The summed E-state index contributed by atoms with van der Waals surface area (Å²) in [6, 6.07) is 0. The van der Waals surface area contributed by atoms with Crippen LogP contribution < -0.4 is 0 Å². The molecule has 1 aliphatic rings. The van der Waals surface area contributed by atoms with E-state index in [1.165, 1.54) is 0 Å². The van der Waals surface area contributed by atoms with E-state index >= 15 is 0 Å². The Balaban J connectivity index is 2.69. The number of likely N-dealkylation sites (tertiary alicyclic amines) is 1. The highest BCUT2D eigenvalue weighted by Crippen LogP contribution is 2.24. The lowest BCUT2D eigenvalue weighted by molar-refractivity contribution is -0.171. The van der Waals surface area contributed by atoms with E-state index < -0.39 is 11.6 Å². The minimum absolute atomic E-state index is 0.0991. The van der Waals surface area contributed by atoms with Crippen molar-refractivity contribution in [2.75, 3.05) is 20.1 Å². The smallest absolute Gasteiger partial charge is 0.351 e. The van der Waals surface area contributed by atoms with Crippen LogP contribution in [0.4, 0.5) is 0 Å². The van der Waals surface area contributed by atoms with Gasteiger partial charge in [-0.3, -0.25) is 0 Å². The molecule has 0 aromatic rings. The molecule has 108 valence electrons. The maximum atomic E-state index is 12.2. The molecule has 1 N–H and O–H groups in total. The number of carbonyl (C=O) groups excluding carboxylic acids is 1. The van der Waals surface area contributed by atoms with Gasteiger partial charge in [0.25, 0.3) is 0 Å². The molecule has 1 aliphatic heterocycles. The fraction of sp³-hybridized carbons (Fsp3) is 0.800. The van der Waals surface area contributed by atoms with E-state index in [0.29, 0.717) is 6.42 Å². The van der Waals surface area contributed by atoms with Crippen molar-refractivity contribution in [3.05, 3.63) is 0 Å². The van der Waals surface area contributed by atoms with Gasteiger partial charge in [0.15, 0.2) is 0 Å². The summed E-state index contributed by atoms with van der Waals surface area (Å²) in [4.78, 5) is 14.4. The van der Waals surface area contributed by atoms with Gasteiger partial charge in [-0.2, -0.15) is 0 Å². The van der Waals surface area contributed by atoms with Crippen molar-refractivity contribution >= 4 is 5.97 Å². The monoisotopic (exact) mass is 267 g/mol. The van der Waals surface area contributed by atoms with Crippen molar-refractivity contribution in [2.24, 2.45) is 5.92 Å². The standard InChI is InChI=1S/C15H25NO3/c1-5-9-15(18,12(3)6-2)14(17)19-13-7-10-16(4)11-8-13/h12-13,18H,6-8,10-11H2,1-4H3/t12-,15+/m0/s1. The summed E-state index contributed by atoms with van der Waals surface area (Å²) >= 11 is 0. The molecular weight excluding hydrogens is 242 g/mol. The first-order valence-corrected chi connectivity index (χ1v) is 7.00. The van der Waals surface area contributed by atoms with Crippen LogP contribution in [0.15, 0.2) is 0 Å². The fourth-order valence-corrected chi connectivity index (χ4v) is 2.21. The van der Waals surface area contributed by atoms with Gasteiger partial charge in [-0.1, -0.05) is 19.8 Å². The van der Waals surface area contributed by atoms with E-state index in [0.717, 1.165) is 25.9 Å². The van der Waals surface area contributed by atoms with E-state index in [4.69, 9.17) is 4.74 Å². The summed E-state index contributed by atoms with van der Waals surface area (Å²) < 4.78 is 5.46. The number of hydrogen-bond donors (Lipinski definition) is 1. The lowest BCUT2D eigenvalue weighted by Gasteiger charge is -2.32. The number of ether oxygens (including phenoxy) is 1. The van der Waals surface area contributed by atoms with Crippen molar-refractivity contribution in [1.82, 2.24) is 4.90 Å². The largest absolute Gasteiger partial charge is 0.459 e. The van der Waals surface area contributed by atoms with Crippen molar-refractivity contribution < 1.29 is 14.6 Å². The third-order valence-electron chi connectivity index (χ3n) is 3.89. The summed E-state index contributed by atoms with van der Waals surface area (Å²) in [6.07, 6.45) is 2.21. The molecule has 0 unspecified atom stereocenters. The van der Waals surface area contributed by atoms with Crippen LogP contribution in [0.2, 0.25) is 0 Å². The molecule has 1 heterocycles. The number of nitrogens with zero attached hydrogens (tertiary/aromatic N) is 1. The second-order valence-corrected chi connectivity index (χ2v) is 5.36. The number of rotatable bonds is 4. The van der Waals surface area contributed by atoms with Crippen LogP contribution in [0.5, 0.6) is 0 Å². The third kappa shape index (κ3) is 3.95. The highest BCUT2D eigenvalue weighted by molar-refractivity contribution is 5.84. The van der Waals surface area contributed by atoms with E-state index in [9.17, 15) is 9.90 Å². The normalized spacial score (nSPS) is 21.9. The topological polar surface area (TPSA) is 49.8 Å². The van der Waals surface area contributed by atoms with Gasteiger partial charge in [-0.15, -0.1) is 5.92 Å². The zero-order valence-corrected chi connectivity index (χ0v) is 12.4. The second kappa shape index (κ2) is 6.93. The molecule has 1 rings (SSSR count). The zero-order chi connectivity index (χ0) is 14.5. The predicted molar refractivity (Wildman–Crippen MR) is 74.5 cm³/mol. The molecule has 0 aromatic carbocycles.